The van der Waals surface area contributed by atoms with E-state index in [2.05, 4.69) is 20.4 Å². The molecular formula is C20H23N5O2. The lowest BCUT2D eigenvalue weighted by atomic mass is 10.0. The zero-order valence-electron chi connectivity index (χ0n) is 15.9. The lowest BCUT2D eigenvalue weighted by molar-refractivity contribution is 0.0927. The molecule has 1 N–H and O–H groups in total. The van der Waals surface area contributed by atoms with Crippen LogP contribution in [0.5, 0.6) is 0 Å². The predicted octanol–water partition coefficient (Wildman–Crippen LogP) is 3.39. The summed E-state index contributed by atoms with van der Waals surface area (Å²) in [5.74, 6) is 1.70. The molecule has 1 aromatic carbocycles. The molecule has 0 aliphatic rings. The molecule has 0 aliphatic carbocycles. The fourth-order valence-corrected chi connectivity index (χ4v) is 2.67. The fraction of sp³-hybridized carbons (Fsp3) is 0.300. The molecule has 0 fully saturated rings. The molecule has 1 atom stereocenters. The third-order valence-corrected chi connectivity index (χ3v) is 4.24. The summed E-state index contributed by atoms with van der Waals surface area (Å²) >= 11 is 0. The highest BCUT2D eigenvalue weighted by Gasteiger charge is 2.19. The van der Waals surface area contributed by atoms with Crippen molar-refractivity contribution in [2.24, 2.45) is 0 Å². The molecule has 0 spiro atoms. The first-order valence-electron chi connectivity index (χ1n) is 8.82. The van der Waals surface area contributed by atoms with Gasteiger partial charge in [-0.15, -0.1) is 0 Å². The number of amides is 1. The van der Waals surface area contributed by atoms with Crippen LogP contribution in [0.2, 0.25) is 0 Å². The Bertz CT molecular complexity index is 901. The van der Waals surface area contributed by atoms with Gasteiger partial charge in [0.25, 0.3) is 5.91 Å². The number of rotatable bonds is 6. The number of pyridine rings is 1. The standard InChI is InChI=1S/C20H23N5O2/c1-5-17(20-22-13(2)24-27-20)23-19(26)15-8-6-14(7-9-15)16-10-11-18(21-12-16)25(3)4/h6-12,17H,5H2,1-4H3,(H,23,26)/t17-/m0/s1. The van der Waals surface area contributed by atoms with Crippen molar-refractivity contribution >= 4 is 11.7 Å². The summed E-state index contributed by atoms with van der Waals surface area (Å²) in [6.45, 7) is 3.71. The molecule has 7 heteroatoms. The van der Waals surface area contributed by atoms with Crippen LogP contribution < -0.4 is 10.2 Å². The number of nitrogens with one attached hydrogen (secondary N) is 1. The van der Waals surface area contributed by atoms with E-state index in [1.807, 2.05) is 56.4 Å². The molecule has 0 aliphatic heterocycles. The first-order chi connectivity index (χ1) is 13.0. The summed E-state index contributed by atoms with van der Waals surface area (Å²) in [6.07, 6.45) is 2.49. The summed E-state index contributed by atoms with van der Waals surface area (Å²) in [5, 5.41) is 6.72. The highest BCUT2D eigenvalue weighted by molar-refractivity contribution is 5.94. The second kappa shape index (κ2) is 7.99. The second-order valence-corrected chi connectivity index (χ2v) is 6.49. The lowest BCUT2D eigenvalue weighted by Gasteiger charge is -2.13. The van der Waals surface area contributed by atoms with E-state index in [0.29, 0.717) is 23.7 Å². The Morgan fingerprint density at radius 3 is 2.37 bits per heavy atom. The quantitative estimate of drug-likeness (QED) is 0.721. The Morgan fingerprint density at radius 2 is 1.85 bits per heavy atom. The number of aryl methyl sites for hydroxylation is 1. The van der Waals surface area contributed by atoms with Crippen molar-refractivity contribution in [3.63, 3.8) is 0 Å². The first kappa shape index (κ1) is 18.6. The van der Waals surface area contributed by atoms with Crippen molar-refractivity contribution in [2.45, 2.75) is 26.3 Å². The van der Waals surface area contributed by atoms with E-state index in [9.17, 15) is 4.79 Å². The minimum Gasteiger partial charge on any atom is -0.363 e. The van der Waals surface area contributed by atoms with Crippen LogP contribution >= 0.6 is 0 Å². The van der Waals surface area contributed by atoms with Crippen molar-refractivity contribution in [2.75, 3.05) is 19.0 Å². The number of carbonyl (C=O) groups is 1. The number of carbonyl (C=O) groups excluding carboxylic acids is 1. The number of aromatic nitrogens is 3. The molecule has 0 saturated carbocycles. The van der Waals surface area contributed by atoms with E-state index in [-0.39, 0.29) is 11.9 Å². The van der Waals surface area contributed by atoms with Gasteiger partial charge in [-0.2, -0.15) is 4.98 Å². The van der Waals surface area contributed by atoms with E-state index in [4.69, 9.17) is 4.52 Å². The fourth-order valence-electron chi connectivity index (χ4n) is 2.67. The maximum absolute atomic E-state index is 12.5. The van der Waals surface area contributed by atoms with Crippen molar-refractivity contribution in [1.82, 2.24) is 20.4 Å². The van der Waals surface area contributed by atoms with Crippen molar-refractivity contribution in [3.05, 3.63) is 59.9 Å². The molecule has 27 heavy (non-hydrogen) atoms. The van der Waals surface area contributed by atoms with Gasteiger partial charge in [0.15, 0.2) is 5.82 Å². The molecule has 7 nitrogen and oxygen atoms in total. The minimum absolute atomic E-state index is 0.176. The zero-order chi connectivity index (χ0) is 19.4. The normalized spacial score (nSPS) is 11.9. The molecule has 3 aromatic rings. The van der Waals surface area contributed by atoms with Crippen LogP contribution in [0.15, 0.2) is 47.1 Å². The van der Waals surface area contributed by atoms with Crippen LogP contribution in [-0.2, 0) is 0 Å². The van der Waals surface area contributed by atoms with Gasteiger partial charge in [0.2, 0.25) is 5.89 Å². The van der Waals surface area contributed by atoms with Gasteiger partial charge in [0, 0.05) is 31.4 Å². The highest BCUT2D eigenvalue weighted by atomic mass is 16.5. The average Bonchev–Trinajstić information content (AvgIpc) is 3.12. The topological polar surface area (TPSA) is 84.2 Å². The molecule has 2 heterocycles. The Balaban J connectivity index is 1.71. The van der Waals surface area contributed by atoms with Gasteiger partial charge >= 0.3 is 0 Å². The van der Waals surface area contributed by atoms with E-state index in [0.717, 1.165) is 16.9 Å². The van der Waals surface area contributed by atoms with Gasteiger partial charge in [0.1, 0.15) is 11.9 Å². The summed E-state index contributed by atoms with van der Waals surface area (Å²) in [4.78, 5) is 23.1. The third-order valence-electron chi connectivity index (χ3n) is 4.24. The SMILES string of the molecule is CC[C@H](NC(=O)c1ccc(-c2ccc(N(C)C)nc2)cc1)c1nc(C)no1. The molecule has 0 radical (unpaired) electrons. The van der Waals surface area contributed by atoms with E-state index in [1.165, 1.54) is 0 Å². The summed E-state index contributed by atoms with van der Waals surface area (Å²) in [7, 11) is 3.91. The zero-order valence-corrected chi connectivity index (χ0v) is 15.9. The number of hydrogen-bond donors (Lipinski definition) is 1. The largest absolute Gasteiger partial charge is 0.363 e. The molecule has 140 valence electrons. The number of anilines is 1. The van der Waals surface area contributed by atoms with E-state index in [1.54, 1.807) is 19.1 Å². The van der Waals surface area contributed by atoms with Gasteiger partial charge in [0.05, 0.1) is 0 Å². The first-order valence-corrected chi connectivity index (χ1v) is 8.82. The molecule has 2 aromatic heterocycles. The Kier molecular flexibility index (Phi) is 5.49. The van der Waals surface area contributed by atoms with Gasteiger partial charge in [-0.05, 0) is 43.2 Å². The van der Waals surface area contributed by atoms with E-state index >= 15 is 0 Å². The van der Waals surface area contributed by atoms with Gasteiger partial charge in [-0.3, -0.25) is 4.79 Å². The summed E-state index contributed by atoms with van der Waals surface area (Å²) in [5.41, 5.74) is 2.58. The van der Waals surface area contributed by atoms with Crippen LogP contribution in [0.1, 0.15) is 41.5 Å². The number of hydrogen-bond acceptors (Lipinski definition) is 6. The Hall–Kier alpha value is -3.22. The lowest BCUT2D eigenvalue weighted by Crippen LogP contribution is -2.28. The number of nitrogens with zero attached hydrogens (tertiary/aromatic N) is 4. The molecule has 3 rings (SSSR count). The van der Waals surface area contributed by atoms with Crippen LogP contribution in [0, 0.1) is 6.92 Å². The predicted molar refractivity (Wildman–Crippen MR) is 104 cm³/mol. The highest BCUT2D eigenvalue weighted by Crippen LogP contribution is 2.21. The number of benzene rings is 1. The molecular weight excluding hydrogens is 342 g/mol. The second-order valence-electron chi connectivity index (χ2n) is 6.49. The van der Waals surface area contributed by atoms with Crippen LogP contribution in [0.25, 0.3) is 11.1 Å². The van der Waals surface area contributed by atoms with Crippen LogP contribution in [0.4, 0.5) is 5.82 Å². The smallest absolute Gasteiger partial charge is 0.251 e. The Morgan fingerprint density at radius 1 is 1.15 bits per heavy atom. The van der Waals surface area contributed by atoms with Crippen molar-refractivity contribution in [1.29, 1.82) is 0 Å². The summed E-state index contributed by atoms with van der Waals surface area (Å²) < 4.78 is 5.17. The average molecular weight is 365 g/mol. The van der Waals surface area contributed by atoms with Crippen molar-refractivity contribution < 1.29 is 9.32 Å². The minimum atomic E-state index is -0.304. The molecule has 0 saturated heterocycles. The monoisotopic (exact) mass is 365 g/mol. The maximum Gasteiger partial charge on any atom is 0.251 e. The van der Waals surface area contributed by atoms with Crippen LogP contribution in [-0.4, -0.2) is 35.1 Å². The van der Waals surface area contributed by atoms with Gasteiger partial charge < -0.3 is 14.7 Å². The molecule has 0 unspecified atom stereocenters. The Labute approximate surface area is 158 Å². The van der Waals surface area contributed by atoms with Crippen molar-refractivity contribution in [3.8, 4) is 11.1 Å². The molecule has 0 bridgehead atoms. The summed E-state index contributed by atoms with van der Waals surface area (Å²) in [6, 6.07) is 11.1. The molecule has 1 amide bonds. The van der Waals surface area contributed by atoms with E-state index < -0.39 is 0 Å². The third kappa shape index (κ3) is 4.31. The van der Waals surface area contributed by atoms with Crippen LogP contribution in [0.3, 0.4) is 0 Å². The van der Waals surface area contributed by atoms with Gasteiger partial charge in [-0.1, -0.05) is 24.2 Å². The van der Waals surface area contributed by atoms with Gasteiger partial charge in [-0.25, -0.2) is 4.98 Å². The maximum atomic E-state index is 12.5.